The van der Waals surface area contributed by atoms with Gasteiger partial charge in [-0.1, -0.05) is 57.5 Å². The number of Topliss-reactive ketones (excluding diaryl/α,β-unsaturated/α-hetero) is 1. The Labute approximate surface area is 200 Å². The van der Waals surface area contributed by atoms with Crippen LogP contribution in [-0.2, 0) is 10.3 Å². The zero-order valence-electron chi connectivity index (χ0n) is 21.2. The molecule has 4 rings (SSSR count). The minimum atomic E-state index is -0.127. The van der Waals surface area contributed by atoms with Crippen LogP contribution in [0.25, 0.3) is 0 Å². The minimum Gasteiger partial charge on any atom is -0.317 e. The van der Waals surface area contributed by atoms with E-state index in [0.717, 1.165) is 38.8 Å². The zero-order valence-corrected chi connectivity index (χ0v) is 21.2. The molecule has 1 aliphatic heterocycles. The summed E-state index contributed by atoms with van der Waals surface area (Å²) in [6.45, 7) is 9.39. The fourth-order valence-electron chi connectivity index (χ4n) is 6.45. The molecular weight excluding hydrogens is 410 g/mol. The summed E-state index contributed by atoms with van der Waals surface area (Å²) in [4.78, 5) is 32.4. The SMILES string of the molecule is CCC(=O)CN1CC2(CCC(c3ccccc3)(N(C)CC(C)C)CC2)N(CC2CCC2)C1=O. The van der Waals surface area contributed by atoms with Gasteiger partial charge in [0.25, 0.3) is 0 Å². The van der Waals surface area contributed by atoms with Gasteiger partial charge in [-0.05, 0) is 63.0 Å². The minimum absolute atomic E-state index is 0.00856. The first-order chi connectivity index (χ1) is 15.8. The smallest absolute Gasteiger partial charge is 0.317 e. The van der Waals surface area contributed by atoms with Crippen molar-refractivity contribution in [1.29, 1.82) is 0 Å². The molecule has 2 aliphatic carbocycles. The molecule has 33 heavy (non-hydrogen) atoms. The number of rotatable bonds is 9. The van der Waals surface area contributed by atoms with Gasteiger partial charge >= 0.3 is 6.03 Å². The van der Waals surface area contributed by atoms with Crippen LogP contribution in [0.5, 0.6) is 0 Å². The van der Waals surface area contributed by atoms with Gasteiger partial charge in [-0.2, -0.15) is 0 Å². The van der Waals surface area contributed by atoms with E-state index in [9.17, 15) is 9.59 Å². The predicted octanol–water partition coefficient (Wildman–Crippen LogP) is 5.30. The van der Waals surface area contributed by atoms with Crippen LogP contribution in [0.3, 0.4) is 0 Å². The lowest BCUT2D eigenvalue weighted by atomic mass is 9.67. The largest absolute Gasteiger partial charge is 0.321 e. The van der Waals surface area contributed by atoms with E-state index in [0.29, 0.717) is 24.8 Å². The molecule has 0 N–H and O–H groups in total. The lowest BCUT2D eigenvalue weighted by Crippen LogP contribution is -2.57. The number of ketones is 1. The maximum atomic E-state index is 13.5. The lowest BCUT2D eigenvalue weighted by Gasteiger charge is -2.52. The number of hydrogen-bond donors (Lipinski definition) is 0. The fourth-order valence-corrected chi connectivity index (χ4v) is 6.45. The Kier molecular flexibility index (Phi) is 7.18. The van der Waals surface area contributed by atoms with Crippen LogP contribution in [-0.4, -0.2) is 65.3 Å². The Hall–Kier alpha value is -1.88. The van der Waals surface area contributed by atoms with Gasteiger partial charge in [-0.15, -0.1) is 0 Å². The van der Waals surface area contributed by atoms with Crippen molar-refractivity contribution < 1.29 is 9.59 Å². The molecule has 182 valence electrons. The number of carbonyl (C=O) groups excluding carboxylic acids is 2. The van der Waals surface area contributed by atoms with Crippen molar-refractivity contribution in [3.05, 3.63) is 35.9 Å². The number of urea groups is 1. The highest BCUT2D eigenvalue weighted by atomic mass is 16.2. The van der Waals surface area contributed by atoms with E-state index in [1.807, 2.05) is 11.8 Å². The third kappa shape index (κ3) is 4.71. The molecule has 0 unspecified atom stereocenters. The Morgan fingerprint density at radius 3 is 2.33 bits per heavy atom. The van der Waals surface area contributed by atoms with Crippen LogP contribution >= 0.6 is 0 Å². The van der Waals surface area contributed by atoms with E-state index in [2.05, 4.69) is 61.0 Å². The molecule has 0 atom stereocenters. The van der Waals surface area contributed by atoms with Gasteiger partial charge < -0.3 is 9.80 Å². The predicted molar refractivity (Wildman–Crippen MR) is 133 cm³/mol. The number of hydrogen-bond acceptors (Lipinski definition) is 3. The summed E-state index contributed by atoms with van der Waals surface area (Å²) in [5, 5.41) is 0. The van der Waals surface area contributed by atoms with Crippen LogP contribution in [0.15, 0.2) is 30.3 Å². The summed E-state index contributed by atoms with van der Waals surface area (Å²) >= 11 is 0. The Morgan fingerprint density at radius 1 is 1.12 bits per heavy atom. The molecule has 2 amide bonds. The van der Waals surface area contributed by atoms with Crippen LogP contribution in [0, 0.1) is 11.8 Å². The van der Waals surface area contributed by atoms with Crippen LogP contribution in [0.4, 0.5) is 4.79 Å². The topological polar surface area (TPSA) is 43.9 Å². The fraction of sp³-hybridized carbons (Fsp3) is 0.714. The molecular formula is C28H43N3O2. The molecule has 3 aliphatic rings. The van der Waals surface area contributed by atoms with E-state index in [-0.39, 0.29) is 29.4 Å². The second-order valence-electron chi connectivity index (χ2n) is 11.3. The first-order valence-corrected chi connectivity index (χ1v) is 13.1. The van der Waals surface area contributed by atoms with Crippen molar-refractivity contribution in [2.45, 2.75) is 83.2 Å². The molecule has 5 nitrogen and oxygen atoms in total. The van der Waals surface area contributed by atoms with Crippen molar-refractivity contribution in [1.82, 2.24) is 14.7 Å². The van der Waals surface area contributed by atoms with E-state index >= 15 is 0 Å². The summed E-state index contributed by atoms with van der Waals surface area (Å²) in [6, 6.07) is 11.1. The average molecular weight is 454 g/mol. The summed E-state index contributed by atoms with van der Waals surface area (Å²) in [6.07, 6.45) is 8.34. The third-order valence-corrected chi connectivity index (χ3v) is 8.67. The highest BCUT2D eigenvalue weighted by Gasteiger charge is 2.55. The van der Waals surface area contributed by atoms with E-state index in [4.69, 9.17) is 0 Å². The Balaban J connectivity index is 1.60. The molecule has 0 radical (unpaired) electrons. The van der Waals surface area contributed by atoms with Gasteiger partial charge in [0.05, 0.1) is 12.1 Å². The van der Waals surface area contributed by atoms with E-state index < -0.39 is 0 Å². The zero-order chi connectivity index (χ0) is 23.6. The van der Waals surface area contributed by atoms with Gasteiger partial charge in [-0.25, -0.2) is 4.79 Å². The highest BCUT2D eigenvalue weighted by Crippen LogP contribution is 2.50. The maximum Gasteiger partial charge on any atom is 0.321 e. The highest BCUT2D eigenvalue weighted by molar-refractivity contribution is 5.87. The molecule has 1 aromatic carbocycles. The third-order valence-electron chi connectivity index (χ3n) is 8.67. The van der Waals surface area contributed by atoms with Crippen LogP contribution in [0.1, 0.15) is 77.7 Å². The molecule has 1 aromatic rings. The summed E-state index contributed by atoms with van der Waals surface area (Å²) in [5.74, 6) is 1.40. The van der Waals surface area contributed by atoms with Crippen molar-refractivity contribution in [3.63, 3.8) is 0 Å². The molecule has 0 aromatic heterocycles. The summed E-state index contributed by atoms with van der Waals surface area (Å²) < 4.78 is 0. The maximum absolute atomic E-state index is 13.5. The van der Waals surface area contributed by atoms with Crippen molar-refractivity contribution in [3.8, 4) is 0 Å². The Morgan fingerprint density at radius 2 is 1.79 bits per heavy atom. The van der Waals surface area contributed by atoms with E-state index in [1.54, 1.807) is 0 Å². The normalized spacial score (nSPS) is 28.2. The van der Waals surface area contributed by atoms with Gasteiger partial charge in [0.1, 0.15) is 0 Å². The lowest BCUT2D eigenvalue weighted by molar-refractivity contribution is -0.119. The first-order valence-electron chi connectivity index (χ1n) is 13.1. The molecule has 1 heterocycles. The summed E-state index contributed by atoms with van der Waals surface area (Å²) in [7, 11) is 2.28. The van der Waals surface area contributed by atoms with Gasteiger partial charge in [0.15, 0.2) is 5.78 Å². The average Bonchev–Trinajstić information content (AvgIpc) is 3.01. The van der Waals surface area contributed by atoms with Crippen molar-refractivity contribution >= 4 is 11.8 Å². The van der Waals surface area contributed by atoms with Crippen molar-refractivity contribution in [2.75, 3.05) is 33.2 Å². The van der Waals surface area contributed by atoms with Crippen molar-refractivity contribution in [2.24, 2.45) is 11.8 Å². The second-order valence-corrected chi connectivity index (χ2v) is 11.3. The monoisotopic (exact) mass is 453 g/mol. The van der Waals surface area contributed by atoms with Gasteiger partial charge in [0.2, 0.25) is 0 Å². The number of benzene rings is 1. The Bertz CT molecular complexity index is 825. The first kappa shape index (κ1) is 24.3. The molecule has 3 fully saturated rings. The quantitative estimate of drug-likeness (QED) is 0.510. The number of carbonyl (C=O) groups is 2. The van der Waals surface area contributed by atoms with E-state index in [1.165, 1.54) is 24.8 Å². The van der Waals surface area contributed by atoms with Crippen LogP contribution in [0.2, 0.25) is 0 Å². The number of nitrogens with zero attached hydrogens (tertiary/aromatic N) is 3. The molecule has 5 heteroatoms. The van der Waals surface area contributed by atoms with Gasteiger partial charge in [0, 0.05) is 31.6 Å². The summed E-state index contributed by atoms with van der Waals surface area (Å²) in [5.41, 5.74) is 1.28. The van der Waals surface area contributed by atoms with Gasteiger partial charge in [-0.3, -0.25) is 9.69 Å². The van der Waals surface area contributed by atoms with Crippen LogP contribution < -0.4 is 0 Å². The second kappa shape index (κ2) is 9.77. The molecule has 2 saturated carbocycles. The molecule has 0 bridgehead atoms. The number of amides is 2. The standard InChI is InChI=1S/C28H43N3O2/c1-5-25(32)20-30-21-27(31(26(30)33)19-23-10-9-11-23)14-16-28(17-15-27,29(4)18-22(2)3)24-12-7-6-8-13-24/h6-8,12-13,22-23H,5,9-11,14-21H2,1-4H3. The molecule has 1 spiro atoms. The molecule has 1 saturated heterocycles.